The van der Waals surface area contributed by atoms with Gasteiger partial charge in [-0.2, -0.15) is 13.2 Å². The first kappa shape index (κ1) is 26.0. The Morgan fingerprint density at radius 1 is 1.23 bits per heavy atom. The summed E-state index contributed by atoms with van der Waals surface area (Å²) in [6.07, 6.45) is 2.81. The Labute approximate surface area is 179 Å². The largest absolute Gasteiger partial charge is 0.393 e. The maximum Gasteiger partial charge on any atom is 0.393 e. The van der Waals surface area contributed by atoms with E-state index in [0.29, 0.717) is 23.5 Å². The molecule has 1 atom stereocenters. The van der Waals surface area contributed by atoms with Gasteiger partial charge in [-0.15, -0.1) is 0 Å². The van der Waals surface area contributed by atoms with Crippen LogP contribution in [0.15, 0.2) is 65.5 Å². The van der Waals surface area contributed by atoms with Gasteiger partial charge in [-0.25, -0.2) is 4.99 Å². The van der Waals surface area contributed by atoms with Crippen molar-refractivity contribution in [2.45, 2.75) is 65.6 Å². The predicted molar refractivity (Wildman–Crippen MR) is 121 cm³/mol. The van der Waals surface area contributed by atoms with E-state index >= 15 is 0 Å². The number of hydrogen-bond donors (Lipinski definition) is 1. The number of nitrogens with zero attached hydrogens (tertiary/aromatic N) is 2. The van der Waals surface area contributed by atoms with Crippen LogP contribution >= 0.6 is 0 Å². The SMILES string of the molecule is C=CC1=C(N=C(C)NC(=C)/C=C\C(=C)CC(F)(F)F)CN([C@H](CCC)CC(C)C)C1. The molecule has 3 nitrogen and oxygen atoms in total. The Hall–Kier alpha value is -2.08. The van der Waals surface area contributed by atoms with Crippen LogP contribution in [0.4, 0.5) is 13.2 Å². The second-order valence-electron chi connectivity index (χ2n) is 8.28. The molecule has 0 spiro atoms. The second kappa shape index (κ2) is 11.9. The van der Waals surface area contributed by atoms with Crippen LogP contribution in [-0.4, -0.2) is 36.0 Å². The minimum Gasteiger partial charge on any atom is -0.344 e. The number of amidine groups is 1. The van der Waals surface area contributed by atoms with Crippen molar-refractivity contribution in [1.82, 2.24) is 10.2 Å². The van der Waals surface area contributed by atoms with Crippen LogP contribution < -0.4 is 5.32 Å². The lowest BCUT2D eigenvalue weighted by atomic mass is 9.98. The van der Waals surface area contributed by atoms with Gasteiger partial charge >= 0.3 is 6.18 Å². The lowest BCUT2D eigenvalue weighted by Crippen LogP contribution is -2.35. The van der Waals surface area contributed by atoms with Gasteiger partial charge in [0.1, 0.15) is 5.84 Å². The maximum absolute atomic E-state index is 12.4. The van der Waals surface area contributed by atoms with Crippen molar-refractivity contribution in [3.8, 4) is 0 Å². The molecule has 0 aromatic heterocycles. The third kappa shape index (κ3) is 9.61. The number of nitrogens with one attached hydrogen (secondary N) is 1. The van der Waals surface area contributed by atoms with Crippen molar-refractivity contribution in [1.29, 1.82) is 0 Å². The fraction of sp³-hybridized carbons (Fsp3) is 0.542. The van der Waals surface area contributed by atoms with E-state index in [9.17, 15) is 13.2 Å². The molecule has 0 saturated carbocycles. The number of aliphatic imine (C=N–C) groups is 1. The van der Waals surface area contributed by atoms with Gasteiger partial charge in [-0.05, 0) is 42.9 Å². The van der Waals surface area contributed by atoms with Crippen molar-refractivity contribution < 1.29 is 13.2 Å². The topological polar surface area (TPSA) is 27.6 Å². The van der Waals surface area contributed by atoms with E-state index in [0.717, 1.165) is 43.6 Å². The summed E-state index contributed by atoms with van der Waals surface area (Å²) in [4.78, 5) is 7.16. The maximum atomic E-state index is 12.4. The number of halogens is 3. The third-order valence-corrected chi connectivity index (χ3v) is 4.82. The van der Waals surface area contributed by atoms with Crippen molar-refractivity contribution in [3.05, 3.63) is 60.5 Å². The first-order valence-electron chi connectivity index (χ1n) is 10.5. The molecule has 1 aliphatic heterocycles. The van der Waals surface area contributed by atoms with Gasteiger partial charge in [0.15, 0.2) is 0 Å². The van der Waals surface area contributed by atoms with Gasteiger partial charge in [0, 0.05) is 24.8 Å². The molecule has 0 aromatic carbocycles. The fourth-order valence-corrected chi connectivity index (χ4v) is 3.57. The highest BCUT2D eigenvalue weighted by molar-refractivity contribution is 5.82. The second-order valence-corrected chi connectivity index (χ2v) is 8.28. The molecular formula is C24H36F3N3. The molecule has 0 fully saturated rings. The quantitative estimate of drug-likeness (QED) is 0.232. The molecule has 0 bridgehead atoms. The van der Waals surface area contributed by atoms with Crippen LogP contribution in [0, 0.1) is 5.92 Å². The van der Waals surface area contributed by atoms with Crippen LogP contribution in [0.25, 0.3) is 0 Å². The van der Waals surface area contributed by atoms with Crippen molar-refractivity contribution >= 4 is 5.84 Å². The highest BCUT2D eigenvalue weighted by Crippen LogP contribution is 2.27. The van der Waals surface area contributed by atoms with Gasteiger partial charge in [0.05, 0.1) is 12.1 Å². The van der Waals surface area contributed by atoms with Gasteiger partial charge in [0.25, 0.3) is 0 Å². The summed E-state index contributed by atoms with van der Waals surface area (Å²) in [6.45, 7) is 21.3. The molecule has 168 valence electrons. The molecular weight excluding hydrogens is 387 g/mol. The molecule has 0 aliphatic carbocycles. The molecule has 1 N–H and O–H groups in total. The van der Waals surface area contributed by atoms with E-state index < -0.39 is 12.6 Å². The zero-order valence-electron chi connectivity index (χ0n) is 18.8. The van der Waals surface area contributed by atoms with Crippen molar-refractivity contribution in [2.24, 2.45) is 10.9 Å². The lowest BCUT2D eigenvalue weighted by Gasteiger charge is -2.29. The van der Waals surface area contributed by atoms with Crippen LogP contribution in [0.5, 0.6) is 0 Å². The Kier molecular flexibility index (Phi) is 10.3. The summed E-state index contributed by atoms with van der Waals surface area (Å²) in [5.41, 5.74) is 2.52. The van der Waals surface area contributed by atoms with E-state index in [-0.39, 0.29) is 5.57 Å². The monoisotopic (exact) mass is 423 g/mol. The molecule has 1 rings (SSSR count). The smallest absolute Gasteiger partial charge is 0.344 e. The normalized spacial score (nSPS) is 17.1. The molecule has 30 heavy (non-hydrogen) atoms. The van der Waals surface area contributed by atoms with E-state index in [1.54, 1.807) is 0 Å². The Bertz CT molecular complexity index is 712. The fourth-order valence-electron chi connectivity index (χ4n) is 3.57. The number of alkyl halides is 3. The minimum atomic E-state index is -4.26. The molecule has 1 heterocycles. The molecule has 0 radical (unpaired) electrons. The van der Waals surface area contributed by atoms with Crippen molar-refractivity contribution in [3.63, 3.8) is 0 Å². The molecule has 1 aliphatic rings. The molecule has 0 amide bonds. The van der Waals surface area contributed by atoms with E-state index in [1.807, 2.05) is 13.0 Å². The predicted octanol–water partition coefficient (Wildman–Crippen LogP) is 6.54. The first-order chi connectivity index (χ1) is 13.9. The van der Waals surface area contributed by atoms with Gasteiger partial charge in [-0.1, -0.05) is 59.1 Å². The van der Waals surface area contributed by atoms with E-state index in [2.05, 4.69) is 50.7 Å². The van der Waals surface area contributed by atoms with Gasteiger partial charge < -0.3 is 5.32 Å². The third-order valence-electron chi connectivity index (χ3n) is 4.82. The average Bonchev–Trinajstić information content (AvgIpc) is 3.00. The van der Waals surface area contributed by atoms with Crippen molar-refractivity contribution in [2.75, 3.05) is 13.1 Å². The average molecular weight is 424 g/mol. The minimum absolute atomic E-state index is 0.0183. The molecule has 0 unspecified atom stereocenters. The summed E-state index contributed by atoms with van der Waals surface area (Å²) >= 11 is 0. The van der Waals surface area contributed by atoms with E-state index in [1.165, 1.54) is 12.2 Å². The Balaban J connectivity index is 2.76. The Morgan fingerprint density at radius 2 is 1.90 bits per heavy atom. The summed E-state index contributed by atoms with van der Waals surface area (Å²) in [6, 6.07) is 0.517. The van der Waals surface area contributed by atoms with E-state index in [4.69, 9.17) is 4.99 Å². The van der Waals surface area contributed by atoms with Gasteiger partial charge in [0.2, 0.25) is 0 Å². The molecule has 6 heteroatoms. The number of hydrogen-bond acceptors (Lipinski definition) is 2. The van der Waals surface area contributed by atoms with Crippen LogP contribution in [0.3, 0.4) is 0 Å². The first-order valence-corrected chi connectivity index (χ1v) is 10.5. The number of allylic oxidation sites excluding steroid dienone is 3. The van der Waals surface area contributed by atoms with Crippen LogP contribution in [0.2, 0.25) is 0 Å². The summed E-state index contributed by atoms with van der Waals surface area (Å²) < 4.78 is 37.1. The summed E-state index contributed by atoms with van der Waals surface area (Å²) in [7, 11) is 0. The number of rotatable bonds is 11. The van der Waals surface area contributed by atoms with Crippen LogP contribution in [0.1, 0.15) is 53.4 Å². The molecule has 0 aromatic rings. The Morgan fingerprint density at radius 3 is 2.43 bits per heavy atom. The lowest BCUT2D eigenvalue weighted by molar-refractivity contribution is -0.126. The standard InChI is InChI=1S/C24H36F3N3/c1-8-10-22(13-17(3)4)30-15-21(9-2)23(16-30)29-20(7)28-19(6)12-11-18(5)14-24(25,26)27/h9,11-12,17,22H,2,5-6,8,10,13-16H2,1,3-4,7H3,(H,28,29)/b12-11-/t22-/m1/s1. The van der Waals surface area contributed by atoms with Gasteiger partial charge in [-0.3, -0.25) is 4.90 Å². The summed E-state index contributed by atoms with van der Waals surface area (Å²) in [5.74, 6) is 1.27. The van der Waals surface area contributed by atoms with Crippen LogP contribution in [-0.2, 0) is 0 Å². The highest BCUT2D eigenvalue weighted by Gasteiger charge is 2.28. The molecule has 0 saturated heterocycles. The highest BCUT2D eigenvalue weighted by atomic mass is 19.4. The zero-order valence-corrected chi connectivity index (χ0v) is 18.8. The zero-order chi connectivity index (χ0) is 22.9. The summed E-state index contributed by atoms with van der Waals surface area (Å²) in [5, 5.41) is 3.03.